The van der Waals surface area contributed by atoms with Gasteiger partial charge in [-0.05, 0) is 37.7 Å². The molecule has 102 valence electrons. The van der Waals surface area contributed by atoms with Crippen LogP contribution in [0.5, 0.6) is 0 Å². The normalized spacial score (nSPS) is 20.1. The predicted molar refractivity (Wildman–Crippen MR) is 76.9 cm³/mol. The van der Waals surface area contributed by atoms with Crippen LogP contribution in [0, 0.1) is 5.41 Å². The Hall–Kier alpha value is -1.84. The van der Waals surface area contributed by atoms with E-state index in [-0.39, 0.29) is 0 Å². The third-order valence-corrected chi connectivity index (χ3v) is 3.52. The smallest absolute Gasteiger partial charge is 0.243 e. The zero-order valence-corrected chi connectivity index (χ0v) is 11.2. The topological polar surface area (TPSA) is 70.2 Å². The quantitative estimate of drug-likeness (QED) is 0.600. The molecule has 0 aromatic heterocycles. The number of carbonyl (C=O) groups excluding carboxylic acids is 1. The summed E-state index contributed by atoms with van der Waals surface area (Å²) in [6, 6.07) is 0. The molecule has 1 aliphatic heterocycles. The van der Waals surface area contributed by atoms with Crippen molar-refractivity contribution in [2.24, 2.45) is 5.73 Å². The summed E-state index contributed by atoms with van der Waals surface area (Å²) < 4.78 is 0. The van der Waals surface area contributed by atoms with Crippen LogP contribution in [0.3, 0.4) is 0 Å². The molecule has 2 aliphatic rings. The Kier molecular flexibility index (Phi) is 4.55. The number of rotatable bonds is 4. The molecule has 2 rings (SSSR count). The molecule has 0 atom stereocenters. The molecular weight excluding hydrogens is 238 g/mol. The fraction of sp³-hybridized carbons (Fsp3) is 0.467. The maximum Gasteiger partial charge on any atom is 0.243 e. The number of hydrogen-bond donors (Lipinski definition) is 2. The first-order valence-corrected chi connectivity index (χ1v) is 6.90. The van der Waals surface area contributed by atoms with Crippen LogP contribution in [-0.2, 0) is 4.79 Å². The van der Waals surface area contributed by atoms with Gasteiger partial charge in [0.25, 0.3) is 0 Å². The predicted octanol–water partition coefficient (Wildman–Crippen LogP) is 2.14. The van der Waals surface area contributed by atoms with Crippen LogP contribution >= 0.6 is 0 Å². The average Bonchev–Trinajstić information content (AvgIpc) is 2.46. The molecule has 1 fully saturated rings. The summed E-state index contributed by atoms with van der Waals surface area (Å²) in [4.78, 5) is 13.3. The van der Waals surface area contributed by atoms with E-state index in [1.165, 1.54) is 12.5 Å². The van der Waals surface area contributed by atoms with Gasteiger partial charge in [-0.2, -0.15) is 0 Å². The lowest BCUT2D eigenvalue weighted by molar-refractivity contribution is -0.113. The van der Waals surface area contributed by atoms with Crippen LogP contribution in [0.1, 0.15) is 32.1 Å². The molecule has 1 amide bonds. The largest absolute Gasteiger partial charge is 0.370 e. The number of piperidine rings is 1. The Morgan fingerprint density at radius 2 is 2.00 bits per heavy atom. The van der Waals surface area contributed by atoms with Gasteiger partial charge in [-0.3, -0.25) is 10.2 Å². The van der Waals surface area contributed by atoms with Gasteiger partial charge in [0.2, 0.25) is 5.91 Å². The molecule has 0 spiro atoms. The summed E-state index contributed by atoms with van der Waals surface area (Å²) in [5.41, 5.74) is 7.27. The molecule has 3 N–H and O–H groups in total. The summed E-state index contributed by atoms with van der Waals surface area (Å²) in [5.74, 6) is -0.481. The molecule has 4 nitrogen and oxygen atoms in total. The van der Waals surface area contributed by atoms with Gasteiger partial charge in [-0.25, -0.2) is 0 Å². The lowest BCUT2D eigenvalue weighted by atomic mass is 9.98. The van der Waals surface area contributed by atoms with Gasteiger partial charge < -0.3 is 10.6 Å². The highest BCUT2D eigenvalue weighted by atomic mass is 16.1. The Bertz CT molecular complexity index is 454. The van der Waals surface area contributed by atoms with E-state index in [9.17, 15) is 4.79 Å². The summed E-state index contributed by atoms with van der Waals surface area (Å²) >= 11 is 0. The van der Waals surface area contributed by atoms with E-state index in [0.29, 0.717) is 11.4 Å². The first-order chi connectivity index (χ1) is 9.18. The molecule has 0 saturated carbocycles. The first kappa shape index (κ1) is 13.6. The van der Waals surface area contributed by atoms with E-state index >= 15 is 0 Å². The standard InChI is InChI=1S/C15H21N3O/c16-14(19)11-13(18-9-5-2-6-10-18)15(17)12-7-3-1-4-8-12/h3,7-8,11,17H,1-2,4-6,9-10H2,(H2,16,19)/b13-11+,17-15?. The maximum atomic E-state index is 11.2. The maximum absolute atomic E-state index is 11.2. The molecule has 4 heteroatoms. The van der Waals surface area contributed by atoms with E-state index in [2.05, 4.69) is 17.1 Å². The molecule has 0 aromatic rings. The lowest BCUT2D eigenvalue weighted by Gasteiger charge is -2.31. The minimum absolute atomic E-state index is 0.414. The van der Waals surface area contributed by atoms with Crippen molar-refractivity contribution >= 4 is 11.6 Å². The van der Waals surface area contributed by atoms with Crippen LogP contribution in [0.4, 0.5) is 0 Å². The second-order valence-electron chi connectivity index (χ2n) is 4.99. The van der Waals surface area contributed by atoms with Crippen molar-refractivity contribution in [1.29, 1.82) is 5.41 Å². The van der Waals surface area contributed by atoms with Crippen molar-refractivity contribution in [2.75, 3.05) is 13.1 Å². The molecule has 0 aromatic carbocycles. The minimum atomic E-state index is -0.481. The van der Waals surface area contributed by atoms with Crippen molar-refractivity contribution in [2.45, 2.75) is 32.1 Å². The van der Waals surface area contributed by atoms with Crippen molar-refractivity contribution in [1.82, 2.24) is 4.90 Å². The number of primary amides is 1. The number of amides is 1. The Morgan fingerprint density at radius 1 is 1.26 bits per heavy atom. The molecule has 1 saturated heterocycles. The zero-order valence-electron chi connectivity index (χ0n) is 11.2. The number of likely N-dealkylation sites (tertiary alicyclic amines) is 1. The number of allylic oxidation sites excluding steroid dienone is 4. The Labute approximate surface area is 114 Å². The fourth-order valence-electron chi connectivity index (χ4n) is 2.54. The highest BCUT2D eigenvalue weighted by Gasteiger charge is 2.19. The third-order valence-electron chi connectivity index (χ3n) is 3.52. The molecule has 19 heavy (non-hydrogen) atoms. The number of carbonyl (C=O) groups is 1. The SMILES string of the molecule is N=C(C1=CCCC=C1)/C(=C\C(N)=O)N1CCCCC1. The minimum Gasteiger partial charge on any atom is -0.370 e. The summed E-state index contributed by atoms with van der Waals surface area (Å²) in [6.07, 6.45) is 12.9. The van der Waals surface area contributed by atoms with E-state index in [1.807, 2.05) is 6.08 Å². The molecule has 0 bridgehead atoms. The highest BCUT2D eigenvalue weighted by molar-refractivity contribution is 6.14. The second-order valence-corrected chi connectivity index (χ2v) is 4.99. The van der Waals surface area contributed by atoms with E-state index in [4.69, 9.17) is 11.1 Å². The van der Waals surface area contributed by atoms with Gasteiger partial charge in [-0.15, -0.1) is 0 Å². The van der Waals surface area contributed by atoms with Crippen LogP contribution in [0.2, 0.25) is 0 Å². The number of nitrogens with zero attached hydrogens (tertiary/aromatic N) is 1. The van der Waals surface area contributed by atoms with Crippen LogP contribution in [0.25, 0.3) is 0 Å². The Morgan fingerprint density at radius 3 is 2.58 bits per heavy atom. The lowest BCUT2D eigenvalue weighted by Crippen LogP contribution is -2.34. The van der Waals surface area contributed by atoms with Crippen LogP contribution in [0.15, 0.2) is 35.6 Å². The molecular formula is C15H21N3O. The molecule has 0 unspecified atom stereocenters. The monoisotopic (exact) mass is 259 g/mol. The van der Waals surface area contributed by atoms with Gasteiger partial charge in [-0.1, -0.05) is 18.2 Å². The van der Waals surface area contributed by atoms with Gasteiger partial charge in [0.15, 0.2) is 0 Å². The number of nitrogens with two attached hydrogens (primary N) is 1. The van der Waals surface area contributed by atoms with Crippen LogP contribution in [-0.4, -0.2) is 29.6 Å². The molecule has 1 heterocycles. The number of hydrogen-bond acceptors (Lipinski definition) is 3. The highest BCUT2D eigenvalue weighted by Crippen LogP contribution is 2.21. The average molecular weight is 259 g/mol. The second kappa shape index (κ2) is 6.36. The van der Waals surface area contributed by atoms with Gasteiger partial charge in [0, 0.05) is 19.2 Å². The van der Waals surface area contributed by atoms with Crippen LogP contribution < -0.4 is 5.73 Å². The summed E-state index contributed by atoms with van der Waals surface area (Å²) in [5, 5.41) is 8.33. The molecule has 1 aliphatic carbocycles. The van der Waals surface area contributed by atoms with Crippen molar-refractivity contribution in [3.63, 3.8) is 0 Å². The summed E-state index contributed by atoms with van der Waals surface area (Å²) in [6.45, 7) is 1.80. The van der Waals surface area contributed by atoms with Crippen molar-refractivity contribution in [3.8, 4) is 0 Å². The third kappa shape index (κ3) is 3.56. The van der Waals surface area contributed by atoms with E-state index in [0.717, 1.165) is 44.3 Å². The Balaban J connectivity index is 2.22. The first-order valence-electron chi connectivity index (χ1n) is 6.90. The van der Waals surface area contributed by atoms with Gasteiger partial charge >= 0.3 is 0 Å². The fourth-order valence-corrected chi connectivity index (χ4v) is 2.54. The van der Waals surface area contributed by atoms with Gasteiger partial charge in [0.1, 0.15) is 0 Å². The van der Waals surface area contributed by atoms with Crippen molar-refractivity contribution < 1.29 is 4.79 Å². The number of nitrogens with one attached hydrogen (secondary N) is 1. The molecule has 0 radical (unpaired) electrons. The zero-order chi connectivity index (χ0) is 13.7. The van der Waals surface area contributed by atoms with E-state index < -0.39 is 5.91 Å². The van der Waals surface area contributed by atoms with Crippen molar-refractivity contribution in [3.05, 3.63) is 35.6 Å². The van der Waals surface area contributed by atoms with E-state index in [1.54, 1.807) is 0 Å². The van der Waals surface area contributed by atoms with Gasteiger partial charge in [0.05, 0.1) is 11.4 Å². The summed E-state index contributed by atoms with van der Waals surface area (Å²) in [7, 11) is 0.